The third-order valence-corrected chi connectivity index (χ3v) is 1.34. The SMILES string of the molecule is Cc1c[c-]cs1.[Re]. The molecule has 39 valence electrons. The van der Waals surface area contributed by atoms with Gasteiger partial charge in [0, 0.05) is 20.4 Å². The van der Waals surface area contributed by atoms with E-state index in [2.05, 4.69) is 13.0 Å². The Bertz CT molecular complexity index is 112. The van der Waals surface area contributed by atoms with Gasteiger partial charge in [0.2, 0.25) is 0 Å². The summed E-state index contributed by atoms with van der Waals surface area (Å²) in [5.41, 5.74) is 0. The van der Waals surface area contributed by atoms with Crippen LogP contribution >= 0.6 is 11.3 Å². The van der Waals surface area contributed by atoms with E-state index >= 15 is 0 Å². The first-order valence-corrected chi connectivity index (χ1v) is 2.69. The Morgan fingerprint density at radius 2 is 2.43 bits per heavy atom. The topological polar surface area (TPSA) is 0 Å². The Labute approximate surface area is 61.2 Å². The van der Waals surface area contributed by atoms with E-state index in [1.54, 1.807) is 11.3 Å². The molecule has 1 aromatic rings. The second-order valence-electron chi connectivity index (χ2n) is 1.16. The van der Waals surface area contributed by atoms with Crippen molar-refractivity contribution in [1.29, 1.82) is 0 Å². The first-order chi connectivity index (χ1) is 2.89. The van der Waals surface area contributed by atoms with Crippen LogP contribution in [0.1, 0.15) is 4.88 Å². The van der Waals surface area contributed by atoms with Crippen molar-refractivity contribution in [3.63, 3.8) is 0 Å². The van der Waals surface area contributed by atoms with Crippen LogP contribution in [0.2, 0.25) is 0 Å². The van der Waals surface area contributed by atoms with Crippen molar-refractivity contribution in [2.45, 2.75) is 6.92 Å². The zero-order valence-corrected chi connectivity index (χ0v) is 7.47. The van der Waals surface area contributed by atoms with Crippen molar-refractivity contribution in [2.75, 3.05) is 0 Å². The molecular weight excluding hydrogens is 278 g/mol. The van der Waals surface area contributed by atoms with Crippen molar-refractivity contribution in [3.8, 4) is 0 Å². The fourth-order valence-corrected chi connectivity index (χ4v) is 0.770. The van der Waals surface area contributed by atoms with E-state index in [9.17, 15) is 0 Å². The zero-order valence-electron chi connectivity index (χ0n) is 3.94. The summed E-state index contributed by atoms with van der Waals surface area (Å²) < 4.78 is 0. The first-order valence-electron chi connectivity index (χ1n) is 1.81. The first kappa shape index (κ1) is 7.36. The molecule has 0 amide bonds. The monoisotopic (exact) mass is 284 g/mol. The number of thiophene rings is 1. The molecule has 0 aliphatic carbocycles. The predicted octanol–water partition coefficient (Wildman–Crippen LogP) is 1.85. The van der Waals surface area contributed by atoms with E-state index in [0.29, 0.717) is 0 Å². The van der Waals surface area contributed by atoms with Gasteiger partial charge in [-0.3, -0.25) is 11.3 Å². The van der Waals surface area contributed by atoms with Gasteiger partial charge in [-0.15, -0.1) is 10.3 Å². The standard InChI is InChI=1S/C5H5S.Re/c1-5-3-2-4-6-5;/h3-4H,1H3;/q-1;. The Balaban J connectivity index is 0.000000360. The van der Waals surface area contributed by atoms with Crippen molar-refractivity contribution in [1.82, 2.24) is 0 Å². The van der Waals surface area contributed by atoms with E-state index in [-0.39, 0.29) is 20.4 Å². The minimum atomic E-state index is 0. The molecule has 1 radical (unpaired) electrons. The molecule has 0 saturated carbocycles. The van der Waals surface area contributed by atoms with E-state index in [4.69, 9.17) is 0 Å². The van der Waals surface area contributed by atoms with Crippen LogP contribution in [0, 0.1) is 13.0 Å². The van der Waals surface area contributed by atoms with Crippen LogP contribution in [0.3, 0.4) is 0 Å². The molecule has 0 aromatic carbocycles. The molecule has 0 N–H and O–H groups in total. The van der Waals surface area contributed by atoms with Crippen molar-refractivity contribution in [2.24, 2.45) is 0 Å². The van der Waals surface area contributed by atoms with E-state index in [1.807, 2.05) is 11.4 Å². The molecule has 0 aliphatic rings. The van der Waals surface area contributed by atoms with Gasteiger partial charge in [0.1, 0.15) is 0 Å². The predicted molar refractivity (Wildman–Crippen MR) is 27.9 cm³/mol. The molecule has 0 unspecified atom stereocenters. The van der Waals surface area contributed by atoms with Crippen LogP contribution in [0.5, 0.6) is 0 Å². The number of hydrogen-bond acceptors (Lipinski definition) is 1. The fourth-order valence-electron chi connectivity index (χ4n) is 0.312. The summed E-state index contributed by atoms with van der Waals surface area (Å²) in [6, 6.07) is 4.92. The van der Waals surface area contributed by atoms with Crippen LogP contribution in [-0.2, 0) is 20.4 Å². The maximum absolute atomic E-state index is 2.95. The van der Waals surface area contributed by atoms with Gasteiger partial charge in [-0.1, -0.05) is 6.92 Å². The molecule has 0 fully saturated rings. The molecule has 0 bridgehead atoms. The van der Waals surface area contributed by atoms with Gasteiger partial charge in [-0.25, -0.2) is 12.1 Å². The van der Waals surface area contributed by atoms with E-state index < -0.39 is 0 Å². The van der Waals surface area contributed by atoms with Gasteiger partial charge >= 0.3 is 0 Å². The fraction of sp³-hybridized carbons (Fsp3) is 0.200. The van der Waals surface area contributed by atoms with Gasteiger partial charge in [-0.2, -0.15) is 0 Å². The Morgan fingerprint density at radius 1 is 1.71 bits per heavy atom. The molecule has 0 nitrogen and oxygen atoms in total. The maximum Gasteiger partial charge on any atom is 0 e. The summed E-state index contributed by atoms with van der Waals surface area (Å²) in [7, 11) is 0. The molecule has 0 saturated heterocycles. The summed E-state index contributed by atoms with van der Waals surface area (Å²) in [6.07, 6.45) is 0. The molecule has 1 heterocycles. The summed E-state index contributed by atoms with van der Waals surface area (Å²) in [5, 5.41) is 1.95. The molecule has 7 heavy (non-hydrogen) atoms. The van der Waals surface area contributed by atoms with Crippen LogP contribution in [-0.4, -0.2) is 0 Å². The molecule has 0 aliphatic heterocycles. The Kier molecular flexibility index (Phi) is 3.55. The van der Waals surface area contributed by atoms with Gasteiger partial charge in [0.25, 0.3) is 0 Å². The number of rotatable bonds is 0. The Morgan fingerprint density at radius 3 is 2.57 bits per heavy atom. The third kappa shape index (κ3) is 2.23. The second kappa shape index (κ2) is 3.38. The van der Waals surface area contributed by atoms with Crippen molar-refractivity contribution >= 4 is 11.3 Å². The summed E-state index contributed by atoms with van der Waals surface area (Å²) in [4.78, 5) is 1.33. The second-order valence-corrected chi connectivity index (χ2v) is 2.27. The largest absolute Gasteiger partial charge is 0.270 e. The summed E-state index contributed by atoms with van der Waals surface area (Å²) in [6.45, 7) is 2.07. The van der Waals surface area contributed by atoms with Crippen molar-refractivity contribution in [3.05, 3.63) is 22.4 Å². The smallest absolute Gasteiger partial charge is 0 e. The Hall–Kier alpha value is 0.362. The average Bonchev–Trinajstić information content (AvgIpc) is 1.86. The molecule has 0 spiro atoms. The summed E-state index contributed by atoms with van der Waals surface area (Å²) in [5.74, 6) is 0. The number of hydrogen-bond donors (Lipinski definition) is 0. The summed E-state index contributed by atoms with van der Waals surface area (Å²) >= 11 is 1.72. The minimum absolute atomic E-state index is 0. The van der Waals surface area contributed by atoms with Crippen molar-refractivity contribution < 1.29 is 20.4 Å². The average molecular weight is 283 g/mol. The molecule has 1 rings (SSSR count). The maximum atomic E-state index is 2.95. The van der Waals surface area contributed by atoms with E-state index in [0.717, 1.165) is 0 Å². The van der Waals surface area contributed by atoms with Crippen LogP contribution < -0.4 is 0 Å². The molecular formula is C5H5ReS-. The van der Waals surface area contributed by atoms with Crippen LogP contribution in [0.4, 0.5) is 0 Å². The van der Waals surface area contributed by atoms with Gasteiger partial charge < -0.3 is 0 Å². The van der Waals surface area contributed by atoms with Gasteiger partial charge in [0.05, 0.1) is 0 Å². The molecule has 2 heteroatoms. The quantitative estimate of drug-likeness (QED) is 0.638. The molecule has 0 atom stereocenters. The van der Waals surface area contributed by atoms with E-state index in [1.165, 1.54) is 4.88 Å². The number of aryl methyl sites for hydroxylation is 1. The zero-order chi connectivity index (χ0) is 4.41. The molecule has 1 aromatic heterocycles. The minimum Gasteiger partial charge on any atom is -0.270 e. The third-order valence-electron chi connectivity index (χ3n) is 0.599. The van der Waals surface area contributed by atoms with Crippen LogP contribution in [0.15, 0.2) is 11.4 Å². The van der Waals surface area contributed by atoms with Crippen LogP contribution in [0.25, 0.3) is 0 Å². The van der Waals surface area contributed by atoms with Gasteiger partial charge in [-0.05, 0) is 0 Å². The normalized spacial score (nSPS) is 7.57. The van der Waals surface area contributed by atoms with Gasteiger partial charge in [0.15, 0.2) is 0 Å².